The average Bonchev–Trinajstić information content (AvgIpc) is 3.26. The summed E-state index contributed by atoms with van der Waals surface area (Å²) in [6.45, 7) is 5.36. The minimum Gasteiger partial charge on any atom is -0.318 e. The van der Waals surface area contributed by atoms with E-state index >= 15 is 0 Å². The molecule has 172 valence electrons. The molecule has 34 heavy (non-hydrogen) atoms. The van der Waals surface area contributed by atoms with Crippen LogP contribution in [0.3, 0.4) is 0 Å². The van der Waals surface area contributed by atoms with Crippen LogP contribution in [0.2, 0.25) is 0 Å². The van der Waals surface area contributed by atoms with Crippen LogP contribution in [0.15, 0.2) is 74.3 Å². The Balaban J connectivity index is 1.52. The molecule has 0 fully saturated rings. The average molecular weight is 493 g/mol. The SMILES string of the molecule is CC(=O)NC1=NC(=O)/C(=C\c2cc(C)n(-c3ccc(Sc4ccc([N+](=O)[O-])cc4)cc3)c2C)S1. The van der Waals surface area contributed by atoms with Crippen LogP contribution >= 0.6 is 23.5 Å². The molecule has 0 atom stereocenters. The number of aliphatic imine (C=N–C) groups is 1. The van der Waals surface area contributed by atoms with Crippen LogP contribution in [0.4, 0.5) is 5.69 Å². The third-order valence-electron chi connectivity index (χ3n) is 5.04. The predicted molar refractivity (Wildman–Crippen MR) is 134 cm³/mol. The van der Waals surface area contributed by atoms with Gasteiger partial charge in [0, 0.05) is 45.9 Å². The van der Waals surface area contributed by atoms with Crippen molar-refractivity contribution < 1.29 is 14.5 Å². The summed E-state index contributed by atoms with van der Waals surface area (Å²) < 4.78 is 2.10. The number of amidine groups is 1. The number of nitrogens with zero attached hydrogens (tertiary/aromatic N) is 3. The fourth-order valence-electron chi connectivity index (χ4n) is 3.52. The van der Waals surface area contributed by atoms with Crippen LogP contribution in [0.5, 0.6) is 0 Å². The van der Waals surface area contributed by atoms with E-state index in [1.54, 1.807) is 18.2 Å². The Morgan fingerprint density at radius 1 is 1.12 bits per heavy atom. The smallest absolute Gasteiger partial charge is 0.286 e. The lowest BCUT2D eigenvalue weighted by Gasteiger charge is -2.11. The third kappa shape index (κ3) is 5.13. The molecule has 0 bridgehead atoms. The van der Waals surface area contributed by atoms with E-state index < -0.39 is 4.92 Å². The number of amides is 2. The molecule has 2 heterocycles. The van der Waals surface area contributed by atoms with Gasteiger partial charge < -0.3 is 9.88 Å². The largest absolute Gasteiger partial charge is 0.318 e. The number of benzene rings is 2. The molecular weight excluding hydrogens is 472 g/mol. The van der Waals surface area contributed by atoms with Crippen molar-refractivity contribution in [3.63, 3.8) is 0 Å². The van der Waals surface area contributed by atoms with Crippen molar-refractivity contribution in [1.29, 1.82) is 0 Å². The summed E-state index contributed by atoms with van der Waals surface area (Å²) in [7, 11) is 0. The Morgan fingerprint density at radius 2 is 1.74 bits per heavy atom. The van der Waals surface area contributed by atoms with E-state index in [4.69, 9.17) is 0 Å². The zero-order valence-corrected chi connectivity index (χ0v) is 20.2. The lowest BCUT2D eigenvalue weighted by molar-refractivity contribution is -0.384. The highest BCUT2D eigenvalue weighted by atomic mass is 32.2. The number of aromatic nitrogens is 1. The van der Waals surface area contributed by atoms with E-state index in [2.05, 4.69) is 14.9 Å². The van der Waals surface area contributed by atoms with Gasteiger partial charge in [0.1, 0.15) is 0 Å². The van der Waals surface area contributed by atoms with Gasteiger partial charge in [-0.1, -0.05) is 11.8 Å². The number of non-ortho nitro benzene ring substituents is 1. The van der Waals surface area contributed by atoms with Gasteiger partial charge in [0.25, 0.3) is 11.6 Å². The Hall–Kier alpha value is -3.63. The molecule has 1 aliphatic rings. The second-order valence-electron chi connectivity index (χ2n) is 7.52. The number of carbonyl (C=O) groups is 2. The number of carbonyl (C=O) groups excluding carboxylic acids is 2. The van der Waals surface area contributed by atoms with E-state index in [0.29, 0.717) is 10.1 Å². The number of thioether (sulfide) groups is 1. The molecule has 0 aliphatic carbocycles. The fraction of sp³-hybridized carbons (Fsp3) is 0.125. The first-order valence-corrected chi connectivity index (χ1v) is 11.9. The molecule has 1 N–H and O–H groups in total. The number of hydrogen-bond acceptors (Lipinski definition) is 6. The van der Waals surface area contributed by atoms with Crippen LogP contribution in [0.25, 0.3) is 11.8 Å². The summed E-state index contributed by atoms with van der Waals surface area (Å²) in [6, 6.07) is 16.5. The Morgan fingerprint density at radius 3 is 2.32 bits per heavy atom. The highest BCUT2D eigenvalue weighted by Gasteiger charge is 2.23. The summed E-state index contributed by atoms with van der Waals surface area (Å²) in [6.07, 6.45) is 1.79. The van der Waals surface area contributed by atoms with Gasteiger partial charge in [-0.2, -0.15) is 4.99 Å². The molecule has 4 rings (SSSR count). The Bertz CT molecular complexity index is 1360. The van der Waals surface area contributed by atoms with Gasteiger partial charge in [-0.3, -0.25) is 19.7 Å². The van der Waals surface area contributed by atoms with Gasteiger partial charge >= 0.3 is 0 Å². The van der Waals surface area contributed by atoms with Crippen LogP contribution in [-0.4, -0.2) is 26.5 Å². The first-order chi connectivity index (χ1) is 16.2. The quantitative estimate of drug-likeness (QED) is 0.296. The maximum Gasteiger partial charge on any atom is 0.286 e. The number of hydrogen-bond donors (Lipinski definition) is 1. The molecule has 0 saturated carbocycles. The lowest BCUT2D eigenvalue weighted by atomic mass is 10.2. The van der Waals surface area contributed by atoms with Crippen molar-refractivity contribution >= 4 is 52.3 Å². The molecule has 3 aromatic rings. The van der Waals surface area contributed by atoms with E-state index in [1.165, 1.54) is 30.8 Å². The van der Waals surface area contributed by atoms with Crippen molar-refractivity contribution in [3.8, 4) is 5.69 Å². The third-order valence-corrected chi connectivity index (χ3v) is 6.95. The number of nitro groups is 1. The summed E-state index contributed by atoms with van der Waals surface area (Å²) >= 11 is 2.67. The zero-order valence-electron chi connectivity index (χ0n) is 18.6. The van der Waals surface area contributed by atoms with Crippen LogP contribution in [0.1, 0.15) is 23.9 Å². The molecule has 0 unspecified atom stereocenters. The Labute approximate surface area is 204 Å². The Kier molecular flexibility index (Phi) is 6.71. The molecule has 2 aromatic carbocycles. The molecule has 0 spiro atoms. The molecule has 0 radical (unpaired) electrons. The minimum atomic E-state index is -0.411. The van der Waals surface area contributed by atoms with Crippen LogP contribution < -0.4 is 5.32 Å². The highest BCUT2D eigenvalue weighted by Crippen LogP contribution is 2.32. The van der Waals surface area contributed by atoms with E-state index in [1.807, 2.05) is 44.2 Å². The second-order valence-corrected chi connectivity index (χ2v) is 9.70. The van der Waals surface area contributed by atoms with Crippen LogP contribution in [-0.2, 0) is 9.59 Å². The van der Waals surface area contributed by atoms with E-state index in [-0.39, 0.29) is 17.5 Å². The first-order valence-electron chi connectivity index (χ1n) is 10.2. The minimum absolute atomic E-state index is 0.0691. The van der Waals surface area contributed by atoms with Crippen molar-refractivity contribution in [2.75, 3.05) is 0 Å². The first kappa shape index (κ1) is 23.5. The summed E-state index contributed by atoms with van der Waals surface area (Å²) in [5, 5.41) is 13.7. The molecule has 10 heteroatoms. The highest BCUT2D eigenvalue weighted by molar-refractivity contribution is 8.18. The molecule has 8 nitrogen and oxygen atoms in total. The van der Waals surface area contributed by atoms with Crippen molar-refractivity contribution in [2.45, 2.75) is 30.6 Å². The number of aryl methyl sites for hydroxylation is 1. The monoisotopic (exact) mass is 492 g/mol. The lowest BCUT2D eigenvalue weighted by Crippen LogP contribution is -2.23. The summed E-state index contributed by atoms with van der Waals surface area (Å²) in [4.78, 5) is 40.1. The number of nitro benzene ring substituents is 1. The molecule has 1 aromatic heterocycles. The topological polar surface area (TPSA) is 107 Å². The fourth-order valence-corrected chi connectivity index (χ4v) is 5.19. The maximum atomic E-state index is 12.2. The van der Waals surface area contributed by atoms with Gasteiger partial charge in [-0.05, 0) is 79.7 Å². The zero-order chi connectivity index (χ0) is 24.4. The second kappa shape index (κ2) is 9.70. The molecule has 1 aliphatic heterocycles. The van der Waals surface area contributed by atoms with E-state index in [9.17, 15) is 19.7 Å². The van der Waals surface area contributed by atoms with Crippen molar-refractivity contribution in [2.24, 2.45) is 4.99 Å². The number of rotatable bonds is 5. The molecule has 2 amide bonds. The summed E-state index contributed by atoms with van der Waals surface area (Å²) in [5.74, 6) is -0.639. The van der Waals surface area contributed by atoms with Crippen LogP contribution in [0, 0.1) is 24.0 Å². The van der Waals surface area contributed by atoms with E-state index in [0.717, 1.165) is 44.2 Å². The van der Waals surface area contributed by atoms with Gasteiger partial charge in [0.2, 0.25) is 5.91 Å². The molecule has 0 saturated heterocycles. The van der Waals surface area contributed by atoms with Gasteiger partial charge in [0.15, 0.2) is 5.17 Å². The van der Waals surface area contributed by atoms with Crippen molar-refractivity contribution in [1.82, 2.24) is 9.88 Å². The summed E-state index contributed by atoms with van der Waals surface area (Å²) in [5.41, 5.74) is 3.94. The van der Waals surface area contributed by atoms with Gasteiger partial charge in [-0.25, -0.2) is 0 Å². The molecular formula is C24H20N4O4S2. The normalized spacial score (nSPS) is 14.4. The maximum absolute atomic E-state index is 12.2. The van der Waals surface area contributed by atoms with Crippen molar-refractivity contribution in [3.05, 3.63) is 86.6 Å². The van der Waals surface area contributed by atoms with Gasteiger partial charge in [-0.15, -0.1) is 0 Å². The predicted octanol–water partition coefficient (Wildman–Crippen LogP) is 5.26. The number of nitrogens with one attached hydrogen (secondary N) is 1. The van der Waals surface area contributed by atoms with Gasteiger partial charge in [0.05, 0.1) is 9.83 Å². The standard InChI is InChI=1S/C24H20N4O4S2/c1-14-12-17(13-22-23(30)26-24(34-22)25-16(3)29)15(2)27(14)18-4-8-20(9-5-18)33-21-10-6-19(7-11-21)28(31)32/h4-13H,1-3H3,(H,25,26,29,30)/b22-13+.